The Kier molecular flexibility index (Phi) is 1.82. The normalized spacial score (nSPS) is 18.4. The highest BCUT2D eigenvalue weighted by Crippen LogP contribution is 2.28. The average molecular weight is 221 g/mol. The maximum atomic E-state index is 11.3. The molecular weight excluding hydrogens is 214 g/mol. The van der Waals surface area contributed by atoms with Gasteiger partial charge in [0.05, 0.1) is 5.56 Å². The molecule has 0 saturated heterocycles. The summed E-state index contributed by atoms with van der Waals surface area (Å²) in [5.74, 6) is 0.690. The summed E-state index contributed by atoms with van der Waals surface area (Å²) < 4.78 is 4.50. The number of aryl methyl sites for hydroxylation is 1. The first-order chi connectivity index (χ1) is 7.25. The fourth-order valence-electron chi connectivity index (χ4n) is 1.78. The van der Waals surface area contributed by atoms with E-state index in [2.05, 4.69) is 9.72 Å². The lowest BCUT2D eigenvalue weighted by molar-refractivity contribution is 0.0441. The van der Waals surface area contributed by atoms with Crippen LogP contribution in [-0.2, 0) is 16.9 Å². The fraction of sp³-hybridized carbons (Fsp3) is 0.300. The van der Waals surface area contributed by atoms with Gasteiger partial charge in [-0.15, -0.1) is 0 Å². The lowest BCUT2D eigenvalue weighted by atomic mass is 10.1. The number of esters is 2. The predicted octanol–water partition coefficient (Wildman–Crippen LogP) is 1.18. The SMILES string of the molecule is O=C1OC(=O)c2nc3c(cc21)CSCC3. The third-order valence-electron chi connectivity index (χ3n) is 2.53. The number of aromatic nitrogens is 1. The van der Waals surface area contributed by atoms with Gasteiger partial charge in [0, 0.05) is 11.4 Å². The van der Waals surface area contributed by atoms with Crippen molar-refractivity contribution in [1.29, 1.82) is 0 Å². The van der Waals surface area contributed by atoms with Crippen molar-refractivity contribution in [2.45, 2.75) is 12.2 Å². The van der Waals surface area contributed by atoms with E-state index in [0.717, 1.165) is 29.2 Å². The van der Waals surface area contributed by atoms with Crippen molar-refractivity contribution in [3.05, 3.63) is 28.6 Å². The Balaban J connectivity index is 2.20. The van der Waals surface area contributed by atoms with Gasteiger partial charge in [0.1, 0.15) is 0 Å². The second-order valence-corrected chi connectivity index (χ2v) is 4.58. The van der Waals surface area contributed by atoms with Gasteiger partial charge in [-0.1, -0.05) is 0 Å². The summed E-state index contributed by atoms with van der Waals surface area (Å²) >= 11 is 1.81. The molecule has 0 radical (unpaired) electrons. The smallest absolute Gasteiger partial charge is 0.365 e. The van der Waals surface area contributed by atoms with Gasteiger partial charge in [-0.3, -0.25) is 0 Å². The van der Waals surface area contributed by atoms with Crippen molar-refractivity contribution in [2.75, 3.05) is 5.75 Å². The number of cyclic esters (lactones) is 2. The summed E-state index contributed by atoms with van der Waals surface area (Å²) in [6, 6.07) is 1.75. The van der Waals surface area contributed by atoms with Gasteiger partial charge in [-0.05, 0) is 23.8 Å². The number of rotatable bonds is 0. The molecule has 0 saturated carbocycles. The van der Waals surface area contributed by atoms with E-state index < -0.39 is 11.9 Å². The average Bonchev–Trinajstić information content (AvgIpc) is 2.52. The molecule has 2 aliphatic rings. The lowest BCUT2D eigenvalue weighted by Gasteiger charge is -2.14. The second-order valence-electron chi connectivity index (χ2n) is 3.47. The maximum Gasteiger partial charge on any atom is 0.365 e. The van der Waals surface area contributed by atoms with Crippen LogP contribution >= 0.6 is 11.8 Å². The number of carbonyl (C=O) groups excluding carboxylic acids is 2. The molecule has 15 heavy (non-hydrogen) atoms. The molecule has 0 spiro atoms. The monoisotopic (exact) mass is 221 g/mol. The summed E-state index contributed by atoms with van der Waals surface area (Å²) in [5.41, 5.74) is 2.49. The summed E-state index contributed by atoms with van der Waals surface area (Å²) in [6.45, 7) is 0. The fourth-order valence-corrected chi connectivity index (χ4v) is 2.74. The molecule has 0 fully saturated rings. The van der Waals surface area contributed by atoms with E-state index in [-0.39, 0.29) is 5.69 Å². The number of nitrogens with zero attached hydrogens (tertiary/aromatic N) is 1. The van der Waals surface area contributed by atoms with E-state index >= 15 is 0 Å². The Morgan fingerprint density at radius 3 is 3.07 bits per heavy atom. The van der Waals surface area contributed by atoms with Crippen molar-refractivity contribution in [1.82, 2.24) is 4.98 Å². The van der Waals surface area contributed by atoms with E-state index in [4.69, 9.17) is 0 Å². The first-order valence-corrected chi connectivity index (χ1v) is 5.78. The molecule has 2 aliphatic heterocycles. The molecule has 1 aromatic rings. The highest BCUT2D eigenvalue weighted by Gasteiger charge is 2.33. The standard InChI is InChI=1S/C10H7NO3S/c12-9-6-3-5-4-15-2-1-7(5)11-8(6)10(13)14-9/h3H,1-2,4H2. The molecule has 3 rings (SSSR count). The Bertz CT molecular complexity index is 441. The minimum atomic E-state index is -0.615. The van der Waals surface area contributed by atoms with Crippen LogP contribution in [0.15, 0.2) is 6.07 Å². The molecule has 0 N–H and O–H groups in total. The summed E-state index contributed by atoms with van der Waals surface area (Å²) in [6.07, 6.45) is 0.856. The zero-order valence-corrected chi connectivity index (χ0v) is 8.60. The lowest BCUT2D eigenvalue weighted by Crippen LogP contribution is -2.09. The predicted molar refractivity (Wildman–Crippen MR) is 53.8 cm³/mol. The van der Waals surface area contributed by atoms with Gasteiger partial charge in [-0.2, -0.15) is 11.8 Å². The molecular formula is C10H7NO3S. The first-order valence-electron chi connectivity index (χ1n) is 4.63. The largest absolute Gasteiger partial charge is 0.384 e. The molecule has 0 amide bonds. The van der Waals surface area contributed by atoms with E-state index in [1.807, 2.05) is 11.8 Å². The van der Waals surface area contributed by atoms with Crippen LogP contribution in [0.3, 0.4) is 0 Å². The second kappa shape index (κ2) is 3.06. The van der Waals surface area contributed by atoms with Crippen LogP contribution in [0.4, 0.5) is 0 Å². The van der Waals surface area contributed by atoms with Gasteiger partial charge in [0.25, 0.3) is 0 Å². The van der Waals surface area contributed by atoms with Crippen LogP contribution < -0.4 is 0 Å². The van der Waals surface area contributed by atoms with E-state index in [1.54, 1.807) is 6.07 Å². The molecule has 0 aromatic carbocycles. The number of thioether (sulfide) groups is 1. The van der Waals surface area contributed by atoms with E-state index in [1.165, 1.54) is 0 Å². The highest BCUT2D eigenvalue weighted by atomic mass is 32.2. The van der Waals surface area contributed by atoms with E-state index in [9.17, 15) is 9.59 Å². The molecule has 0 unspecified atom stereocenters. The van der Waals surface area contributed by atoms with Gasteiger partial charge in [0.15, 0.2) is 5.69 Å². The molecule has 3 heterocycles. The number of pyridine rings is 1. The highest BCUT2D eigenvalue weighted by molar-refractivity contribution is 7.98. The van der Waals surface area contributed by atoms with Crippen molar-refractivity contribution < 1.29 is 14.3 Å². The van der Waals surface area contributed by atoms with Crippen LogP contribution in [0.5, 0.6) is 0 Å². The Morgan fingerprint density at radius 2 is 2.20 bits per heavy atom. The molecule has 1 aromatic heterocycles. The molecule has 0 aliphatic carbocycles. The number of ether oxygens (including phenoxy) is 1. The third kappa shape index (κ3) is 1.26. The Morgan fingerprint density at radius 1 is 1.33 bits per heavy atom. The zero-order chi connectivity index (χ0) is 10.4. The molecule has 76 valence electrons. The number of fused-ring (bicyclic) bond motifs is 2. The molecule has 5 heteroatoms. The van der Waals surface area contributed by atoms with Gasteiger partial charge in [-0.25, -0.2) is 14.6 Å². The topological polar surface area (TPSA) is 56.3 Å². The zero-order valence-electron chi connectivity index (χ0n) is 7.78. The summed E-state index contributed by atoms with van der Waals surface area (Å²) in [7, 11) is 0. The third-order valence-corrected chi connectivity index (χ3v) is 3.54. The van der Waals surface area contributed by atoms with Crippen molar-refractivity contribution in [2.24, 2.45) is 0 Å². The first kappa shape index (κ1) is 8.91. The number of hydrogen-bond acceptors (Lipinski definition) is 5. The molecule has 0 bridgehead atoms. The summed E-state index contributed by atoms with van der Waals surface area (Å²) in [5, 5.41) is 0. The maximum absolute atomic E-state index is 11.3. The minimum absolute atomic E-state index is 0.186. The van der Waals surface area contributed by atoms with Crippen LogP contribution in [0, 0.1) is 0 Å². The molecule has 0 atom stereocenters. The van der Waals surface area contributed by atoms with Crippen molar-refractivity contribution in [3.8, 4) is 0 Å². The van der Waals surface area contributed by atoms with Crippen LogP contribution in [-0.4, -0.2) is 22.7 Å². The Hall–Kier alpha value is -1.36. The van der Waals surface area contributed by atoms with Crippen LogP contribution in [0.2, 0.25) is 0 Å². The van der Waals surface area contributed by atoms with Crippen molar-refractivity contribution in [3.63, 3.8) is 0 Å². The van der Waals surface area contributed by atoms with Crippen LogP contribution in [0.25, 0.3) is 0 Å². The number of hydrogen-bond donors (Lipinski definition) is 0. The number of carbonyl (C=O) groups is 2. The van der Waals surface area contributed by atoms with Gasteiger partial charge in [0.2, 0.25) is 0 Å². The van der Waals surface area contributed by atoms with Crippen LogP contribution in [0.1, 0.15) is 32.1 Å². The summed E-state index contributed by atoms with van der Waals surface area (Å²) in [4.78, 5) is 26.7. The van der Waals surface area contributed by atoms with Gasteiger partial charge < -0.3 is 4.74 Å². The van der Waals surface area contributed by atoms with Gasteiger partial charge >= 0.3 is 11.9 Å². The minimum Gasteiger partial charge on any atom is -0.384 e. The van der Waals surface area contributed by atoms with E-state index in [0.29, 0.717) is 5.56 Å². The Labute approximate surface area is 90.0 Å². The quantitative estimate of drug-likeness (QED) is 0.486. The molecule has 4 nitrogen and oxygen atoms in total. The van der Waals surface area contributed by atoms with Crippen molar-refractivity contribution >= 4 is 23.7 Å².